The number of aliphatic imine (C=N–C) groups is 2. The summed E-state index contributed by atoms with van der Waals surface area (Å²) in [5, 5.41) is 6.54. The van der Waals surface area contributed by atoms with Crippen molar-refractivity contribution in [3.05, 3.63) is 60.4 Å². The number of pyridine rings is 1. The summed E-state index contributed by atoms with van der Waals surface area (Å²) in [6.07, 6.45) is 6.79. The number of rotatable bonds is 3. The van der Waals surface area contributed by atoms with E-state index in [1.807, 2.05) is 42.5 Å². The Balaban J connectivity index is 1.67. The van der Waals surface area contributed by atoms with E-state index in [1.54, 1.807) is 12.4 Å². The van der Waals surface area contributed by atoms with Crippen LogP contribution >= 0.6 is 0 Å². The maximum atomic E-state index is 6.57. The van der Waals surface area contributed by atoms with Crippen LogP contribution in [0.25, 0.3) is 0 Å². The van der Waals surface area contributed by atoms with E-state index >= 15 is 0 Å². The predicted octanol–water partition coefficient (Wildman–Crippen LogP) is 2.31. The number of amidine groups is 1. The largest absolute Gasteiger partial charge is 0.326 e. The van der Waals surface area contributed by atoms with Crippen LogP contribution in [0, 0.1) is 5.92 Å². The van der Waals surface area contributed by atoms with Gasteiger partial charge in [0.15, 0.2) is 0 Å². The van der Waals surface area contributed by atoms with E-state index in [2.05, 4.69) is 20.6 Å². The van der Waals surface area contributed by atoms with Crippen LogP contribution in [0.3, 0.4) is 0 Å². The molecule has 1 aliphatic carbocycles. The van der Waals surface area contributed by atoms with Crippen LogP contribution in [0.1, 0.15) is 24.8 Å². The average molecular weight is 320 g/mol. The molecule has 2 heterocycles. The normalized spacial score (nSPS) is 23.5. The molecule has 1 aromatic heterocycles. The minimum Gasteiger partial charge on any atom is -0.326 e. The molecule has 0 bridgehead atoms. The molecule has 1 saturated carbocycles. The number of aromatic nitrogens is 1. The highest BCUT2D eigenvalue weighted by molar-refractivity contribution is 6.13. The highest BCUT2D eigenvalue weighted by Crippen LogP contribution is 2.37. The molecule has 1 aliphatic heterocycles. The van der Waals surface area contributed by atoms with Crippen LogP contribution in [0.2, 0.25) is 0 Å². The van der Waals surface area contributed by atoms with Gasteiger partial charge >= 0.3 is 0 Å². The topological polar surface area (TPSA) is 87.7 Å². The Morgan fingerprint density at radius 1 is 1.04 bits per heavy atom. The van der Waals surface area contributed by atoms with Gasteiger partial charge in [-0.05, 0) is 25.0 Å². The first-order valence-corrected chi connectivity index (χ1v) is 8.21. The summed E-state index contributed by atoms with van der Waals surface area (Å²) in [4.78, 5) is 13.4. The van der Waals surface area contributed by atoms with E-state index in [1.165, 1.54) is 6.42 Å². The van der Waals surface area contributed by atoms with Crippen molar-refractivity contribution in [3.63, 3.8) is 0 Å². The third-order valence-corrected chi connectivity index (χ3v) is 4.51. The Kier molecular flexibility index (Phi) is 3.74. The molecule has 0 amide bonds. The third-order valence-electron chi connectivity index (χ3n) is 4.51. The second kappa shape index (κ2) is 6.05. The maximum absolute atomic E-state index is 6.57. The van der Waals surface area contributed by atoms with Crippen molar-refractivity contribution in [2.45, 2.75) is 25.0 Å². The van der Waals surface area contributed by atoms with Gasteiger partial charge in [-0.2, -0.15) is 0 Å². The second-order valence-corrected chi connectivity index (χ2v) is 6.18. The number of nitrogens with two attached hydrogens (primary N) is 1. The van der Waals surface area contributed by atoms with E-state index in [0.29, 0.717) is 5.96 Å². The molecule has 0 spiro atoms. The van der Waals surface area contributed by atoms with Gasteiger partial charge < -0.3 is 10.6 Å². The summed E-state index contributed by atoms with van der Waals surface area (Å²) in [6, 6.07) is 13.8. The molecule has 0 saturated heterocycles. The Bertz CT molecular complexity index is 767. The van der Waals surface area contributed by atoms with Crippen molar-refractivity contribution < 1.29 is 0 Å². The zero-order valence-corrected chi connectivity index (χ0v) is 13.3. The molecule has 1 aromatic carbocycles. The van der Waals surface area contributed by atoms with Gasteiger partial charge in [-0.15, -0.1) is 0 Å². The quantitative estimate of drug-likeness (QED) is 0.810. The predicted molar refractivity (Wildman–Crippen MR) is 95.7 cm³/mol. The fourth-order valence-corrected chi connectivity index (χ4v) is 2.93. The van der Waals surface area contributed by atoms with Gasteiger partial charge in [-0.3, -0.25) is 10.7 Å². The first kappa shape index (κ1) is 14.8. The Morgan fingerprint density at radius 2 is 1.79 bits per heavy atom. The number of nitrogens with one attached hydrogen (secondary N) is 2. The molecular formula is C18H20N6. The van der Waals surface area contributed by atoms with Gasteiger partial charge in [-0.1, -0.05) is 36.8 Å². The van der Waals surface area contributed by atoms with Gasteiger partial charge in [0, 0.05) is 29.6 Å². The molecule has 1 fully saturated rings. The highest BCUT2D eigenvalue weighted by atomic mass is 15.4. The molecule has 0 radical (unpaired) electrons. The lowest BCUT2D eigenvalue weighted by Crippen LogP contribution is -2.55. The zero-order valence-electron chi connectivity index (χ0n) is 13.3. The maximum Gasteiger partial charge on any atom is 0.210 e. The fraction of sp³-hybridized carbons (Fsp3) is 0.278. The number of benzene rings is 1. The molecule has 1 atom stereocenters. The third kappa shape index (κ3) is 2.88. The Labute approximate surface area is 140 Å². The summed E-state index contributed by atoms with van der Waals surface area (Å²) in [6.45, 7) is 0. The molecule has 1 unspecified atom stereocenters. The van der Waals surface area contributed by atoms with Gasteiger partial charge in [0.2, 0.25) is 11.7 Å². The summed E-state index contributed by atoms with van der Waals surface area (Å²) in [5.41, 5.74) is 8.47. The van der Waals surface area contributed by atoms with Crippen molar-refractivity contribution in [1.82, 2.24) is 10.3 Å². The van der Waals surface area contributed by atoms with E-state index in [4.69, 9.17) is 10.7 Å². The van der Waals surface area contributed by atoms with Crippen LogP contribution in [-0.2, 0) is 0 Å². The van der Waals surface area contributed by atoms with E-state index in [0.717, 1.165) is 29.9 Å². The molecule has 24 heavy (non-hydrogen) atoms. The SMILES string of the molecule is NC1(C2CCC2)N=C(Nc2ccncc2)NC(c2ccccc2)=N1. The van der Waals surface area contributed by atoms with Gasteiger partial charge in [0.25, 0.3) is 0 Å². The van der Waals surface area contributed by atoms with E-state index in [9.17, 15) is 0 Å². The van der Waals surface area contributed by atoms with Crippen LogP contribution in [0.5, 0.6) is 0 Å². The summed E-state index contributed by atoms with van der Waals surface area (Å²) < 4.78 is 0. The average Bonchev–Trinajstić information content (AvgIpc) is 2.54. The van der Waals surface area contributed by atoms with Gasteiger partial charge in [0.05, 0.1) is 0 Å². The van der Waals surface area contributed by atoms with E-state index in [-0.39, 0.29) is 5.92 Å². The molecule has 122 valence electrons. The Hall–Kier alpha value is -2.73. The van der Waals surface area contributed by atoms with Crippen molar-refractivity contribution in [1.29, 1.82) is 0 Å². The van der Waals surface area contributed by atoms with Gasteiger partial charge in [-0.25, -0.2) is 9.98 Å². The number of guanidine groups is 1. The Morgan fingerprint density at radius 3 is 2.46 bits per heavy atom. The molecular weight excluding hydrogens is 300 g/mol. The minimum atomic E-state index is -0.913. The minimum absolute atomic E-state index is 0.285. The number of hydrogen-bond acceptors (Lipinski definition) is 6. The first-order valence-electron chi connectivity index (χ1n) is 8.21. The zero-order chi connectivity index (χ0) is 16.4. The molecule has 6 nitrogen and oxygen atoms in total. The van der Waals surface area contributed by atoms with Crippen molar-refractivity contribution in [2.24, 2.45) is 21.6 Å². The highest BCUT2D eigenvalue weighted by Gasteiger charge is 2.41. The first-order chi connectivity index (χ1) is 11.7. The monoisotopic (exact) mass is 320 g/mol. The standard InChI is InChI=1S/C18H20N6/c19-18(14-7-4-8-14)23-16(13-5-2-1-3-6-13)22-17(24-18)21-15-9-11-20-12-10-15/h1-3,5-6,9-12,14H,4,7-8,19H2,(H2,20,21,22,23,24). The molecule has 2 aromatic rings. The van der Waals surface area contributed by atoms with Crippen LogP contribution in [-0.4, -0.2) is 22.6 Å². The van der Waals surface area contributed by atoms with Crippen molar-refractivity contribution in [3.8, 4) is 0 Å². The molecule has 6 heteroatoms. The van der Waals surface area contributed by atoms with Crippen LogP contribution in [0.4, 0.5) is 5.69 Å². The summed E-state index contributed by atoms with van der Waals surface area (Å²) in [5.74, 6) is 0.734. The number of anilines is 1. The molecule has 4 rings (SSSR count). The van der Waals surface area contributed by atoms with Gasteiger partial charge in [0.1, 0.15) is 5.84 Å². The van der Waals surface area contributed by atoms with E-state index < -0.39 is 5.79 Å². The van der Waals surface area contributed by atoms with Crippen LogP contribution < -0.4 is 16.4 Å². The lowest BCUT2D eigenvalue weighted by molar-refractivity contribution is 0.179. The molecule has 2 aliphatic rings. The fourth-order valence-electron chi connectivity index (χ4n) is 2.93. The number of nitrogens with zero attached hydrogens (tertiary/aromatic N) is 3. The molecule has 4 N–H and O–H groups in total. The van der Waals surface area contributed by atoms with Crippen LogP contribution in [0.15, 0.2) is 64.8 Å². The lowest BCUT2D eigenvalue weighted by atomic mass is 9.80. The smallest absolute Gasteiger partial charge is 0.210 e. The summed E-state index contributed by atoms with van der Waals surface area (Å²) >= 11 is 0. The lowest BCUT2D eigenvalue weighted by Gasteiger charge is -2.39. The second-order valence-electron chi connectivity index (χ2n) is 6.18. The summed E-state index contributed by atoms with van der Waals surface area (Å²) in [7, 11) is 0. The van der Waals surface area contributed by atoms with Crippen molar-refractivity contribution >= 4 is 17.5 Å². The number of hydrogen-bond donors (Lipinski definition) is 3. The van der Waals surface area contributed by atoms with Crippen molar-refractivity contribution in [2.75, 3.05) is 5.32 Å².